The summed E-state index contributed by atoms with van der Waals surface area (Å²) in [6.07, 6.45) is 0. The summed E-state index contributed by atoms with van der Waals surface area (Å²) in [5.74, 6) is 0.422. The van der Waals surface area contributed by atoms with E-state index in [2.05, 4.69) is 5.32 Å². The van der Waals surface area contributed by atoms with E-state index in [0.717, 1.165) is 0 Å². The Labute approximate surface area is 144 Å². The molecule has 1 aromatic rings. The normalized spacial score (nSPS) is 23.5. The van der Waals surface area contributed by atoms with Crippen LogP contribution in [-0.4, -0.2) is 52.8 Å². The van der Waals surface area contributed by atoms with Crippen LogP contribution in [-0.2, 0) is 19.7 Å². The molecule has 1 aromatic carbocycles. The van der Waals surface area contributed by atoms with Crippen LogP contribution in [0.4, 0.5) is 0 Å². The van der Waals surface area contributed by atoms with E-state index in [1.165, 1.54) is 12.1 Å². The SMILES string of the molecule is CCOc1ccc(S(=O)(=O)C2CS(=O)(=O)CC2NCC(C)C)cc1. The average molecular weight is 376 g/mol. The maximum atomic E-state index is 12.9. The van der Waals surface area contributed by atoms with E-state index in [-0.39, 0.29) is 16.4 Å². The van der Waals surface area contributed by atoms with Gasteiger partial charge >= 0.3 is 0 Å². The molecule has 2 atom stereocenters. The zero-order valence-corrected chi connectivity index (χ0v) is 15.9. The van der Waals surface area contributed by atoms with E-state index < -0.39 is 31.0 Å². The van der Waals surface area contributed by atoms with Crippen LogP contribution < -0.4 is 10.1 Å². The minimum absolute atomic E-state index is 0.129. The summed E-state index contributed by atoms with van der Waals surface area (Å²) >= 11 is 0. The van der Waals surface area contributed by atoms with Gasteiger partial charge in [0.2, 0.25) is 0 Å². The van der Waals surface area contributed by atoms with Gasteiger partial charge in [-0.3, -0.25) is 0 Å². The second-order valence-electron chi connectivity index (χ2n) is 6.47. The Kier molecular flexibility index (Phi) is 5.93. The van der Waals surface area contributed by atoms with Gasteiger partial charge in [0.1, 0.15) is 5.75 Å². The summed E-state index contributed by atoms with van der Waals surface area (Å²) < 4.78 is 55.1. The monoisotopic (exact) mass is 375 g/mol. The van der Waals surface area contributed by atoms with E-state index in [9.17, 15) is 16.8 Å². The first-order valence-electron chi connectivity index (χ1n) is 8.06. The molecule has 0 radical (unpaired) electrons. The third-order valence-electron chi connectivity index (χ3n) is 3.95. The number of hydrogen-bond donors (Lipinski definition) is 1. The lowest BCUT2D eigenvalue weighted by Crippen LogP contribution is -2.44. The van der Waals surface area contributed by atoms with Gasteiger partial charge in [0.05, 0.1) is 28.3 Å². The second kappa shape index (κ2) is 7.41. The summed E-state index contributed by atoms with van der Waals surface area (Å²) in [6.45, 7) is 6.90. The predicted octanol–water partition coefficient (Wildman–Crippen LogP) is 1.27. The molecule has 1 fully saturated rings. The van der Waals surface area contributed by atoms with E-state index in [1.54, 1.807) is 12.1 Å². The molecule has 0 aliphatic carbocycles. The number of hydrogen-bond acceptors (Lipinski definition) is 6. The van der Waals surface area contributed by atoms with Crippen molar-refractivity contribution in [3.8, 4) is 5.75 Å². The molecule has 1 aliphatic heterocycles. The Hall–Kier alpha value is -1.12. The molecular formula is C16H25NO5S2. The average Bonchev–Trinajstić information content (AvgIpc) is 2.82. The lowest BCUT2D eigenvalue weighted by Gasteiger charge is -2.21. The first-order valence-corrected chi connectivity index (χ1v) is 11.4. The van der Waals surface area contributed by atoms with Gasteiger partial charge in [0.25, 0.3) is 0 Å². The van der Waals surface area contributed by atoms with Gasteiger partial charge in [0, 0.05) is 6.04 Å². The summed E-state index contributed by atoms with van der Waals surface area (Å²) in [6, 6.07) is 5.57. The van der Waals surface area contributed by atoms with Crippen LogP contribution in [0.5, 0.6) is 5.75 Å². The highest BCUT2D eigenvalue weighted by Crippen LogP contribution is 2.27. The molecule has 0 amide bonds. The summed E-state index contributed by atoms with van der Waals surface area (Å²) in [4.78, 5) is 0.129. The van der Waals surface area contributed by atoms with Gasteiger partial charge in [-0.05, 0) is 43.7 Å². The standard InChI is InChI=1S/C16H25NO5S2/c1-4-22-13-5-7-14(8-6-13)24(20,21)16-11-23(18,19)10-15(16)17-9-12(2)3/h5-8,12,15-17H,4,9-11H2,1-3H3. The first-order chi connectivity index (χ1) is 11.2. The Bertz CT molecular complexity index is 754. The molecule has 2 unspecified atom stereocenters. The Morgan fingerprint density at radius 2 is 1.83 bits per heavy atom. The third-order valence-corrected chi connectivity index (χ3v) is 8.12. The van der Waals surface area contributed by atoms with Crippen molar-refractivity contribution in [2.75, 3.05) is 24.7 Å². The van der Waals surface area contributed by atoms with E-state index in [1.807, 2.05) is 20.8 Å². The third kappa shape index (κ3) is 4.49. The van der Waals surface area contributed by atoms with Gasteiger partial charge in [0.15, 0.2) is 19.7 Å². The number of benzene rings is 1. The highest BCUT2D eigenvalue weighted by Gasteiger charge is 2.45. The van der Waals surface area contributed by atoms with Gasteiger partial charge < -0.3 is 10.1 Å². The van der Waals surface area contributed by atoms with Gasteiger partial charge in [-0.1, -0.05) is 13.8 Å². The summed E-state index contributed by atoms with van der Waals surface area (Å²) in [5, 5.41) is 2.15. The quantitative estimate of drug-likeness (QED) is 0.772. The molecule has 24 heavy (non-hydrogen) atoms. The fourth-order valence-electron chi connectivity index (χ4n) is 2.77. The van der Waals surface area contributed by atoms with Crippen molar-refractivity contribution in [1.29, 1.82) is 0 Å². The summed E-state index contributed by atoms with van der Waals surface area (Å²) in [7, 11) is -7.10. The molecule has 2 rings (SSSR count). The summed E-state index contributed by atoms with van der Waals surface area (Å²) in [5.41, 5.74) is 0. The van der Waals surface area contributed by atoms with Gasteiger partial charge in [-0.2, -0.15) is 0 Å². The molecular weight excluding hydrogens is 350 g/mol. The van der Waals surface area contributed by atoms with Crippen LogP contribution in [0.2, 0.25) is 0 Å². The lowest BCUT2D eigenvalue weighted by atomic mass is 10.2. The molecule has 1 heterocycles. The minimum atomic E-state index is -3.74. The van der Waals surface area contributed by atoms with Crippen LogP contribution in [0, 0.1) is 5.92 Å². The van der Waals surface area contributed by atoms with Crippen molar-refractivity contribution in [3.63, 3.8) is 0 Å². The number of ether oxygens (including phenoxy) is 1. The molecule has 1 aliphatic rings. The van der Waals surface area contributed by atoms with Crippen LogP contribution in [0.1, 0.15) is 20.8 Å². The second-order valence-corrected chi connectivity index (χ2v) is 10.8. The van der Waals surface area contributed by atoms with E-state index >= 15 is 0 Å². The maximum Gasteiger partial charge on any atom is 0.183 e. The van der Waals surface area contributed by atoms with E-state index in [0.29, 0.717) is 24.8 Å². The fourth-order valence-corrected chi connectivity index (χ4v) is 7.48. The first kappa shape index (κ1) is 19.2. The largest absolute Gasteiger partial charge is 0.494 e. The van der Waals surface area contributed by atoms with Crippen LogP contribution >= 0.6 is 0 Å². The molecule has 0 saturated carbocycles. The fraction of sp³-hybridized carbons (Fsp3) is 0.625. The smallest absolute Gasteiger partial charge is 0.183 e. The van der Waals surface area contributed by atoms with E-state index in [4.69, 9.17) is 4.74 Å². The molecule has 1 N–H and O–H groups in total. The van der Waals surface area contributed by atoms with Crippen molar-refractivity contribution in [2.24, 2.45) is 5.92 Å². The van der Waals surface area contributed by atoms with Crippen LogP contribution in [0.15, 0.2) is 29.2 Å². The molecule has 0 aromatic heterocycles. The zero-order chi connectivity index (χ0) is 18.0. The number of nitrogens with one attached hydrogen (secondary N) is 1. The Balaban J connectivity index is 2.27. The van der Waals surface area contributed by atoms with Crippen molar-refractivity contribution >= 4 is 19.7 Å². The van der Waals surface area contributed by atoms with Gasteiger partial charge in [-0.15, -0.1) is 0 Å². The molecule has 136 valence electrons. The van der Waals surface area contributed by atoms with Gasteiger partial charge in [-0.25, -0.2) is 16.8 Å². The molecule has 1 saturated heterocycles. The predicted molar refractivity (Wildman–Crippen MR) is 93.9 cm³/mol. The van der Waals surface area contributed by atoms with Crippen molar-refractivity contribution in [2.45, 2.75) is 37.0 Å². The minimum Gasteiger partial charge on any atom is -0.494 e. The topological polar surface area (TPSA) is 89.5 Å². The highest BCUT2D eigenvalue weighted by atomic mass is 32.2. The van der Waals surface area contributed by atoms with Crippen LogP contribution in [0.25, 0.3) is 0 Å². The maximum absolute atomic E-state index is 12.9. The molecule has 8 heteroatoms. The Morgan fingerprint density at radius 1 is 1.21 bits per heavy atom. The Morgan fingerprint density at radius 3 is 2.38 bits per heavy atom. The van der Waals surface area contributed by atoms with Crippen molar-refractivity contribution < 1.29 is 21.6 Å². The van der Waals surface area contributed by atoms with Crippen molar-refractivity contribution in [1.82, 2.24) is 5.32 Å². The lowest BCUT2D eigenvalue weighted by molar-refractivity contribution is 0.340. The molecule has 6 nitrogen and oxygen atoms in total. The zero-order valence-electron chi connectivity index (χ0n) is 14.2. The van der Waals surface area contributed by atoms with Crippen molar-refractivity contribution in [3.05, 3.63) is 24.3 Å². The highest BCUT2D eigenvalue weighted by molar-refractivity contribution is 7.96. The number of sulfone groups is 2. The molecule has 0 bridgehead atoms. The van der Waals surface area contributed by atoms with Crippen LogP contribution in [0.3, 0.4) is 0 Å². The number of rotatable bonds is 7. The molecule has 0 spiro atoms.